The van der Waals surface area contributed by atoms with E-state index >= 15 is 0 Å². The van der Waals surface area contributed by atoms with Gasteiger partial charge in [0.15, 0.2) is 5.43 Å². The molecule has 0 bridgehead atoms. The van der Waals surface area contributed by atoms with Crippen molar-refractivity contribution in [2.45, 2.75) is 40.3 Å². The minimum absolute atomic E-state index is 0. The molecule has 0 aliphatic heterocycles. The molecule has 10 heteroatoms. The lowest BCUT2D eigenvalue weighted by Crippen LogP contribution is -2.34. The normalized spacial score (nSPS) is 13.4. The number of likely N-dealkylation sites (N-methyl/N-ethyl adjacent to an activating group) is 2. The van der Waals surface area contributed by atoms with Crippen LogP contribution < -0.4 is 10.8 Å². The van der Waals surface area contributed by atoms with Crippen molar-refractivity contribution in [1.82, 2.24) is 19.6 Å². The van der Waals surface area contributed by atoms with Crippen LogP contribution in [0.4, 0.5) is 0 Å². The quantitative estimate of drug-likeness (QED) is 0.221. The molecule has 0 aliphatic rings. The Balaban J connectivity index is 0.00000380. The first-order valence-corrected chi connectivity index (χ1v) is 12.8. The third kappa shape index (κ3) is 5.40. The van der Waals surface area contributed by atoms with Crippen LogP contribution in [0.3, 0.4) is 0 Å². The number of aromatic hydroxyl groups is 2. The fourth-order valence-corrected chi connectivity index (χ4v) is 5.09. The first-order chi connectivity index (χ1) is 17.3. The Hall–Kier alpha value is -2.85. The molecule has 1 aromatic heterocycles. The molecule has 1 unspecified atom stereocenters. The number of benzene rings is 3. The standard InChI is InChI=1S/C27H37N5O4.ClH/c1-5-30(6-2)14-13-28-18-9-10-19-23-22(18)27(36)25-21(35)12-11-20(34)24(25)26(23)29-32(19)16-17(33)15-31(7-3)8-4;/h9-12,17,29,33,35-36H,5-8,13-16H2,1-4H3;1H. The third-order valence-electron chi connectivity index (χ3n) is 7.17. The third-order valence-corrected chi connectivity index (χ3v) is 7.17. The van der Waals surface area contributed by atoms with Gasteiger partial charge in [-0.25, -0.2) is 0 Å². The van der Waals surface area contributed by atoms with Crippen LogP contribution in [0.15, 0.2) is 34.1 Å². The lowest BCUT2D eigenvalue weighted by molar-refractivity contribution is 0.101. The fraction of sp³-hybridized carbons (Fsp3) is 0.481. The van der Waals surface area contributed by atoms with Crippen molar-refractivity contribution in [3.63, 3.8) is 0 Å². The highest BCUT2D eigenvalue weighted by Gasteiger charge is 2.23. The number of aromatic amines is 1. The van der Waals surface area contributed by atoms with E-state index in [1.165, 1.54) is 12.1 Å². The van der Waals surface area contributed by atoms with Gasteiger partial charge in [-0.3, -0.25) is 19.6 Å². The largest absolute Gasteiger partial charge is 0.507 e. The van der Waals surface area contributed by atoms with Crippen molar-refractivity contribution in [2.24, 2.45) is 4.99 Å². The molecule has 37 heavy (non-hydrogen) atoms. The van der Waals surface area contributed by atoms with Crippen LogP contribution in [0.1, 0.15) is 27.7 Å². The van der Waals surface area contributed by atoms with Gasteiger partial charge >= 0.3 is 0 Å². The molecule has 1 heterocycles. The summed E-state index contributed by atoms with van der Waals surface area (Å²) in [6.07, 6.45) is -0.639. The number of hydrogen-bond donors (Lipinski definition) is 4. The molecule has 0 saturated carbocycles. The molecule has 1 atom stereocenters. The van der Waals surface area contributed by atoms with Crippen molar-refractivity contribution >= 4 is 45.0 Å². The minimum atomic E-state index is -0.639. The maximum atomic E-state index is 12.9. The number of aliphatic hydroxyl groups is 1. The molecule has 3 aromatic carbocycles. The second-order valence-electron chi connectivity index (χ2n) is 9.18. The van der Waals surface area contributed by atoms with Crippen molar-refractivity contribution in [3.8, 4) is 11.5 Å². The van der Waals surface area contributed by atoms with Gasteiger partial charge in [0, 0.05) is 18.5 Å². The van der Waals surface area contributed by atoms with E-state index in [2.05, 4.69) is 42.6 Å². The molecule has 4 rings (SSSR count). The number of aromatic nitrogens is 2. The fourth-order valence-electron chi connectivity index (χ4n) is 5.09. The monoisotopic (exact) mass is 531 g/mol. The highest BCUT2D eigenvalue weighted by molar-refractivity contribution is 6.23. The van der Waals surface area contributed by atoms with Gasteiger partial charge in [0.25, 0.3) is 0 Å². The van der Waals surface area contributed by atoms with Gasteiger partial charge in [-0.05, 0) is 50.4 Å². The molecule has 9 nitrogen and oxygen atoms in total. The molecule has 0 amide bonds. The van der Waals surface area contributed by atoms with E-state index < -0.39 is 6.10 Å². The Morgan fingerprint density at radius 1 is 0.919 bits per heavy atom. The number of aliphatic hydroxyl groups excluding tert-OH is 1. The Bertz CT molecular complexity index is 1470. The molecule has 4 aromatic rings. The average Bonchev–Trinajstić information content (AvgIpc) is 3.23. The number of nitrogens with one attached hydrogen (secondary N) is 1. The number of H-pyrrole nitrogens is 1. The van der Waals surface area contributed by atoms with Crippen molar-refractivity contribution in [3.05, 3.63) is 39.8 Å². The Morgan fingerprint density at radius 3 is 2.24 bits per heavy atom. The highest BCUT2D eigenvalue weighted by atomic mass is 35.5. The average molecular weight is 532 g/mol. The summed E-state index contributed by atoms with van der Waals surface area (Å²) in [5.74, 6) is -0.323. The lowest BCUT2D eigenvalue weighted by Gasteiger charge is -2.22. The number of fused-ring (bicyclic) bond motifs is 2. The number of halogens is 1. The highest BCUT2D eigenvalue weighted by Crippen LogP contribution is 2.41. The van der Waals surface area contributed by atoms with E-state index in [1.807, 2.05) is 16.8 Å². The van der Waals surface area contributed by atoms with Crippen molar-refractivity contribution in [2.75, 3.05) is 45.8 Å². The molecule has 4 N–H and O–H groups in total. The summed E-state index contributed by atoms with van der Waals surface area (Å²) in [7, 11) is 0. The Kier molecular flexibility index (Phi) is 9.41. The zero-order chi connectivity index (χ0) is 26.0. The van der Waals surface area contributed by atoms with Crippen LogP contribution in [0.25, 0.3) is 32.6 Å². The molecule has 0 fully saturated rings. The van der Waals surface area contributed by atoms with Gasteiger partial charge in [0.1, 0.15) is 11.5 Å². The Labute approximate surface area is 222 Å². The van der Waals surface area contributed by atoms with Gasteiger partial charge in [-0.15, -0.1) is 12.4 Å². The van der Waals surface area contributed by atoms with E-state index in [4.69, 9.17) is 4.99 Å². The summed E-state index contributed by atoms with van der Waals surface area (Å²) in [5.41, 5.74) is 0.966. The Morgan fingerprint density at radius 2 is 1.59 bits per heavy atom. The summed E-state index contributed by atoms with van der Waals surface area (Å²) >= 11 is 0. The molecule has 0 radical (unpaired) electrons. The predicted molar refractivity (Wildman–Crippen MR) is 151 cm³/mol. The van der Waals surface area contributed by atoms with Gasteiger partial charge < -0.3 is 25.1 Å². The van der Waals surface area contributed by atoms with Gasteiger partial charge in [-0.1, -0.05) is 27.7 Å². The number of phenolic OH excluding ortho intramolecular Hbond substituents is 2. The number of phenols is 2. The first kappa shape index (κ1) is 28.7. The van der Waals surface area contributed by atoms with Gasteiger partial charge in [0.2, 0.25) is 0 Å². The summed E-state index contributed by atoms with van der Waals surface area (Å²) in [4.78, 5) is 22.1. The smallest absolute Gasteiger partial charge is 0.189 e. The zero-order valence-corrected chi connectivity index (χ0v) is 22.8. The van der Waals surface area contributed by atoms with Crippen LogP contribution in [0.2, 0.25) is 0 Å². The second kappa shape index (κ2) is 12.1. The summed E-state index contributed by atoms with van der Waals surface area (Å²) < 4.78 is 1.81. The van der Waals surface area contributed by atoms with Gasteiger partial charge in [0.05, 0.1) is 51.7 Å². The van der Waals surface area contributed by atoms with Crippen LogP contribution in [-0.4, -0.2) is 86.8 Å². The van der Waals surface area contributed by atoms with Crippen LogP contribution in [0, 0.1) is 0 Å². The number of hydrogen-bond acceptors (Lipinski definition) is 7. The van der Waals surface area contributed by atoms with E-state index in [0.717, 1.165) is 38.2 Å². The lowest BCUT2D eigenvalue weighted by atomic mass is 9.99. The number of nitrogens with zero attached hydrogens (tertiary/aromatic N) is 4. The van der Waals surface area contributed by atoms with Crippen molar-refractivity contribution < 1.29 is 15.3 Å². The maximum absolute atomic E-state index is 12.9. The molecule has 202 valence electrons. The van der Waals surface area contributed by atoms with Crippen LogP contribution in [-0.2, 0) is 6.54 Å². The minimum Gasteiger partial charge on any atom is -0.507 e. The van der Waals surface area contributed by atoms with Crippen LogP contribution in [0.5, 0.6) is 11.5 Å². The van der Waals surface area contributed by atoms with E-state index in [9.17, 15) is 20.1 Å². The molecule has 0 aliphatic carbocycles. The van der Waals surface area contributed by atoms with Crippen LogP contribution >= 0.6 is 12.4 Å². The SMILES string of the molecule is CCN(CC)CCN=c1ccc2c3c1c(O)c1c(O)ccc(=O)c1c3[nH]n2CC(O)CN(CC)CC.Cl. The van der Waals surface area contributed by atoms with E-state index in [0.29, 0.717) is 34.7 Å². The topological polar surface area (TPSA) is 117 Å². The summed E-state index contributed by atoms with van der Waals surface area (Å²) in [6.45, 7) is 14.0. The molecule has 0 saturated heterocycles. The summed E-state index contributed by atoms with van der Waals surface area (Å²) in [5, 5.41) is 38.2. The zero-order valence-electron chi connectivity index (χ0n) is 22.0. The molecule has 0 spiro atoms. The maximum Gasteiger partial charge on any atom is 0.189 e. The second-order valence-corrected chi connectivity index (χ2v) is 9.18. The number of rotatable bonds is 11. The predicted octanol–water partition coefficient (Wildman–Crippen LogP) is 2.85. The van der Waals surface area contributed by atoms with Crippen molar-refractivity contribution in [1.29, 1.82) is 0 Å². The van der Waals surface area contributed by atoms with E-state index in [-0.39, 0.29) is 46.7 Å². The summed E-state index contributed by atoms with van der Waals surface area (Å²) in [6, 6.07) is 6.37. The molecular weight excluding hydrogens is 494 g/mol. The van der Waals surface area contributed by atoms with E-state index in [1.54, 1.807) is 0 Å². The molecular formula is C27H38ClN5O4. The van der Waals surface area contributed by atoms with Gasteiger partial charge in [-0.2, -0.15) is 0 Å². The first-order valence-electron chi connectivity index (χ1n) is 12.8.